The number of fused-ring (bicyclic) bond motifs is 3. The number of carbonyl (C=O) groups excluding carboxylic acids is 1. The molecule has 1 aliphatic heterocycles. The summed E-state index contributed by atoms with van der Waals surface area (Å²) in [4.78, 5) is 24.0. The van der Waals surface area contributed by atoms with E-state index in [9.17, 15) is 4.79 Å². The maximum Gasteiger partial charge on any atom is 0.275 e. The Balaban J connectivity index is 1.52. The number of para-hydroxylation sites is 1. The molecular formula is C20H17N5O. The van der Waals surface area contributed by atoms with Crippen LogP contribution in [0.25, 0.3) is 21.9 Å². The van der Waals surface area contributed by atoms with Crippen LogP contribution in [0.3, 0.4) is 0 Å². The molecule has 0 spiro atoms. The molecule has 0 unspecified atom stereocenters. The lowest BCUT2D eigenvalue weighted by Gasteiger charge is -2.28. The average molecular weight is 343 g/mol. The predicted octanol–water partition coefficient (Wildman–Crippen LogP) is 2.72. The highest BCUT2D eigenvalue weighted by Crippen LogP contribution is 2.24. The Morgan fingerprint density at radius 3 is 2.96 bits per heavy atom. The van der Waals surface area contributed by atoms with Crippen molar-refractivity contribution in [1.29, 1.82) is 0 Å². The number of rotatable bonds is 1. The monoisotopic (exact) mass is 343 g/mol. The number of aromatic nitrogens is 4. The first-order valence-corrected chi connectivity index (χ1v) is 8.65. The molecule has 0 N–H and O–H groups in total. The van der Waals surface area contributed by atoms with E-state index in [1.807, 2.05) is 48.3 Å². The second-order valence-corrected chi connectivity index (χ2v) is 6.61. The molecule has 0 radical (unpaired) electrons. The fraction of sp³-hybridized carbons (Fsp3) is 0.200. The Morgan fingerprint density at radius 2 is 2.04 bits per heavy atom. The number of pyridine rings is 2. The fourth-order valence-corrected chi connectivity index (χ4v) is 3.66. The lowest BCUT2D eigenvalue weighted by molar-refractivity contribution is 0.0729. The highest BCUT2D eigenvalue weighted by Gasteiger charge is 2.26. The minimum absolute atomic E-state index is 0.0290. The van der Waals surface area contributed by atoms with Gasteiger partial charge in [0.25, 0.3) is 5.91 Å². The molecule has 0 saturated heterocycles. The second kappa shape index (κ2) is 5.62. The summed E-state index contributed by atoms with van der Waals surface area (Å²) in [5, 5.41) is 6.37. The van der Waals surface area contributed by atoms with E-state index >= 15 is 0 Å². The number of nitrogens with zero attached hydrogens (tertiary/aromatic N) is 5. The van der Waals surface area contributed by atoms with Crippen LogP contribution in [-0.4, -0.2) is 37.1 Å². The molecule has 1 aliphatic rings. The molecular weight excluding hydrogens is 326 g/mol. The molecule has 128 valence electrons. The minimum atomic E-state index is -0.0290. The quantitative estimate of drug-likeness (QED) is 0.533. The van der Waals surface area contributed by atoms with Crippen LogP contribution in [-0.2, 0) is 20.0 Å². The van der Waals surface area contributed by atoms with E-state index in [0.717, 1.165) is 39.6 Å². The van der Waals surface area contributed by atoms with Crippen molar-refractivity contribution in [3.63, 3.8) is 0 Å². The topological polar surface area (TPSA) is 63.9 Å². The largest absolute Gasteiger partial charge is 0.332 e. The molecule has 4 heterocycles. The number of hydrogen-bond donors (Lipinski definition) is 0. The predicted molar refractivity (Wildman–Crippen MR) is 98.7 cm³/mol. The Labute approximate surface area is 150 Å². The van der Waals surface area contributed by atoms with Crippen LogP contribution in [0.1, 0.15) is 21.7 Å². The van der Waals surface area contributed by atoms with Crippen LogP contribution in [0.15, 0.2) is 48.7 Å². The maximum absolute atomic E-state index is 13.1. The van der Waals surface area contributed by atoms with Gasteiger partial charge in [0, 0.05) is 49.2 Å². The molecule has 0 aliphatic carbocycles. The summed E-state index contributed by atoms with van der Waals surface area (Å²) in [7, 11) is 1.87. The van der Waals surface area contributed by atoms with E-state index < -0.39 is 0 Å². The van der Waals surface area contributed by atoms with E-state index in [1.165, 1.54) is 0 Å². The lowest BCUT2D eigenvalue weighted by atomic mass is 10.0. The van der Waals surface area contributed by atoms with Gasteiger partial charge < -0.3 is 4.90 Å². The van der Waals surface area contributed by atoms with Gasteiger partial charge in [0.1, 0.15) is 0 Å². The van der Waals surface area contributed by atoms with Gasteiger partial charge in [-0.3, -0.25) is 9.48 Å². The second-order valence-electron chi connectivity index (χ2n) is 6.61. The highest BCUT2D eigenvalue weighted by molar-refractivity contribution is 6.04. The van der Waals surface area contributed by atoms with E-state index in [0.29, 0.717) is 18.8 Å². The summed E-state index contributed by atoms with van der Waals surface area (Å²) in [5.74, 6) is -0.0290. The fourth-order valence-electron chi connectivity index (χ4n) is 3.66. The first-order chi connectivity index (χ1) is 12.7. The zero-order valence-electron chi connectivity index (χ0n) is 14.4. The summed E-state index contributed by atoms with van der Waals surface area (Å²) >= 11 is 0. The summed E-state index contributed by atoms with van der Waals surface area (Å²) < 4.78 is 1.77. The van der Waals surface area contributed by atoms with E-state index in [-0.39, 0.29) is 5.91 Å². The Kier molecular flexibility index (Phi) is 3.25. The van der Waals surface area contributed by atoms with E-state index in [4.69, 9.17) is 0 Å². The van der Waals surface area contributed by atoms with Gasteiger partial charge >= 0.3 is 0 Å². The van der Waals surface area contributed by atoms with Gasteiger partial charge in [-0.05, 0) is 29.8 Å². The SMILES string of the molecule is Cn1nc(C(=O)N2CCc3nc4ncccc4cc3C2)c2ccccc21. The molecule has 3 aromatic heterocycles. The summed E-state index contributed by atoms with van der Waals surface area (Å²) in [5.41, 5.74) is 4.37. The van der Waals surface area contributed by atoms with Crippen molar-refractivity contribution in [3.8, 4) is 0 Å². The summed E-state index contributed by atoms with van der Waals surface area (Å²) in [6.07, 6.45) is 2.49. The molecule has 0 fully saturated rings. The standard InChI is InChI=1S/C20H17N5O/c1-24-17-7-3-2-6-15(17)18(23-24)20(26)25-10-8-16-14(12-25)11-13-5-4-9-21-19(13)22-16/h2-7,9,11H,8,10,12H2,1H3. The maximum atomic E-state index is 13.1. The Morgan fingerprint density at radius 1 is 1.15 bits per heavy atom. The summed E-state index contributed by atoms with van der Waals surface area (Å²) in [6, 6.07) is 13.8. The van der Waals surface area contributed by atoms with E-state index in [1.54, 1.807) is 10.9 Å². The molecule has 6 nitrogen and oxygen atoms in total. The Hall–Kier alpha value is -3.28. The van der Waals surface area contributed by atoms with Gasteiger partial charge in [0.2, 0.25) is 0 Å². The van der Waals surface area contributed by atoms with Crippen molar-refractivity contribution in [2.75, 3.05) is 6.54 Å². The van der Waals surface area contributed by atoms with Crippen LogP contribution >= 0.6 is 0 Å². The van der Waals surface area contributed by atoms with Gasteiger partial charge in [-0.2, -0.15) is 5.10 Å². The van der Waals surface area contributed by atoms with Crippen molar-refractivity contribution < 1.29 is 4.79 Å². The Bertz CT molecular complexity index is 1160. The normalized spacial score (nSPS) is 14.0. The highest BCUT2D eigenvalue weighted by atomic mass is 16.2. The van der Waals surface area contributed by atoms with Crippen molar-refractivity contribution in [2.45, 2.75) is 13.0 Å². The smallest absolute Gasteiger partial charge is 0.275 e. The number of benzene rings is 1. The van der Waals surface area contributed by atoms with Crippen molar-refractivity contribution in [2.24, 2.45) is 7.05 Å². The number of aryl methyl sites for hydroxylation is 1. The molecule has 26 heavy (non-hydrogen) atoms. The van der Waals surface area contributed by atoms with Crippen LogP contribution in [0.4, 0.5) is 0 Å². The van der Waals surface area contributed by atoms with Crippen LogP contribution < -0.4 is 0 Å². The first-order valence-electron chi connectivity index (χ1n) is 8.65. The molecule has 4 aromatic rings. The van der Waals surface area contributed by atoms with Crippen LogP contribution in [0.5, 0.6) is 0 Å². The third-order valence-corrected chi connectivity index (χ3v) is 4.99. The van der Waals surface area contributed by atoms with Gasteiger partial charge in [-0.15, -0.1) is 0 Å². The first kappa shape index (κ1) is 15.0. The van der Waals surface area contributed by atoms with Gasteiger partial charge in [0.15, 0.2) is 11.3 Å². The van der Waals surface area contributed by atoms with Gasteiger partial charge in [-0.1, -0.05) is 18.2 Å². The molecule has 0 atom stereocenters. The van der Waals surface area contributed by atoms with Gasteiger partial charge in [0.05, 0.1) is 5.52 Å². The van der Waals surface area contributed by atoms with Crippen molar-refractivity contribution in [3.05, 3.63) is 65.6 Å². The number of carbonyl (C=O) groups is 1. The van der Waals surface area contributed by atoms with Crippen molar-refractivity contribution in [1.82, 2.24) is 24.6 Å². The van der Waals surface area contributed by atoms with Crippen LogP contribution in [0.2, 0.25) is 0 Å². The van der Waals surface area contributed by atoms with Crippen LogP contribution in [0, 0.1) is 0 Å². The molecule has 0 saturated carbocycles. The van der Waals surface area contributed by atoms with Crippen molar-refractivity contribution >= 4 is 27.8 Å². The molecule has 5 rings (SSSR count). The van der Waals surface area contributed by atoms with Gasteiger partial charge in [-0.25, -0.2) is 9.97 Å². The minimum Gasteiger partial charge on any atom is -0.332 e. The zero-order chi connectivity index (χ0) is 17.7. The summed E-state index contributed by atoms with van der Waals surface area (Å²) in [6.45, 7) is 1.19. The molecule has 1 aromatic carbocycles. The van der Waals surface area contributed by atoms with E-state index in [2.05, 4.69) is 21.1 Å². The number of hydrogen-bond acceptors (Lipinski definition) is 4. The third-order valence-electron chi connectivity index (χ3n) is 4.99. The lowest BCUT2D eigenvalue weighted by Crippen LogP contribution is -2.36. The third kappa shape index (κ3) is 2.26. The number of amides is 1. The molecule has 0 bridgehead atoms. The molecule has 6 heteroatoms. The average Bonchev–Trinajstić information content (AvgIpc) is 3.02. The molecule has 1 amide bonds. The zero-order valence-corrected chi connectivity index (χ0v) is 14.4.